The molecule has 20 heavy (non-hydrogen) atoms. The van der Waals surface area contributed by atoms with Crippen molar-refractivity contribution in [3.8, 4) is 11.4 Å². The van der Waals surface area contributed by atoms with Gasteiger partial charge in [0.2, 0.25) is 0 Å². The molecule has 100 valence electrons. The zero-order valence-electron chi connectivity index (χ0n) is 10.8. The number of hydrogen-bond acceptors (Lipinski definition) is 4. The molecule has 5 heteroatoms. The fraction of sp³-hybridized carbons (Fsp3) is 0.0667. The number of hydrogen-bond donors (Lipinski definition) is 1. The summed E-state index contributed by atoms with van der Waals surface area (Å²) in [7, 11) is 1.33. The Hall–Kier alpha value is -2.82. The quantitative estimate of drug-likeness (QED) is 0.725. The second-order valence-corrected chi connectivity index (χ2v) is 4.32. The number of methoxy groups -OCH3 is 1. The lowest BCUT2D eigenvalue weighted by Gasteiger charge is -2.06. The van der Waals surface area contributed by atoms with Crippen molar-refractivity contribution < 1.29 is 14.6 Å². The van der Waals surface area contributed by atoms with Crippen LogP contribution in [0.2, 0.25) is 0 Å². The number of nitrogens with zero attached hydrogens (tertiary/aromatic N) is 2. The Labute approximate surface area is 115 Å². The van der Waals surface area contributed by atoms with Gasteiger partial charge in [0.1, 0.15) is 5.75 Å². The number of para-hydroxylation sites is 1. The summed E-state index contributed by atoms with van der Waals surface area (Å²) in [5, 5.41) is 10.7. The second kappa shape index (κ2) is 4.70. The number of carbonyl (C=O) groups excluding carboxylic acids is 1. The van der Waals surface area contributed by atoms with E-state index in [1.807, 2.05) is 24.3 Å². The molecule has 0 spiro atoms. The summed E-state index contributed by atoms with van der Waals surface area (Å²) >= 11 is 0. The van der Waals surface area contributed by atoms with Gasteiger partial charge in [-0.05, 0) is 18.2 Å². The van der Waals surface area contributed by atoms with Gasteiger partial charge in [0.05, 0.1) is 36.3 Å². The van der Waals surface area contributed by atoms with E-state index in [2.05, 4.69) is 9.72 Å². The Bertz CT molecular complexity index is 793. The number of aromatic hydroxyl groups is 1. The molecule has 0 aliphatic carbocycles. The van der Waals surface area contributed by atoms with Crippen LogP contribution in [0.25, 0.3) is 16.6 Å². The summed E-state index contributed by atoms with van der Waals surface area (Å²) in [6, 6.07) is 9.13. The van der Waals surface area contributed by atoms with Gasteiger partial charge in [-0.1, -0.05) is 12.1 Å². The molecule has 1 N–H and O–H groups in total. The molecule has 0 bridgehead atoms. The first-order chi connectivity index (χ1) is 9.70. The molecule has 2 heterocycles. The van der Waals surface area contributed by atoms with E-state index < -0.39 is 5.97 Å². The molecule has 0 saturated carbocycles. The van der Waals surface area contributed by atoms with Crippen molar-refractivity contribution in [3.05, 3.63) is 54.5 Å². The molecule has 0 atom stereocenters. The van der Waals surface area contributed by atoms with Crippen LogP contribution in [0.4, 0.5) is 0 Å². The van der Waals surface area contributed by atoms with Gasteiger partial charge in [-0.15, -0.1) is 0 Å². The molecule has 5 nitrogen and oxygen atoms in total. The summed E-state index contributed by atoms with van der Waals surface area (Å²) in [5.74, 6) is -0.260. The molecule has 0 aliphatic rings. The van der Waals surface area contributed by atoms with E-state index in [1.54, 1.807) is 23.0 Å². The standard InChI is InChI=1S/C15H12N2O3/c1-20-15(19)10-6-11(8-16-7-10)17-9-14(18)12-4-2-3-5-13(12)17/h2-9,18H,1H3. The third-order valence-electron chi connectivity index (χ3n) is 3.11. The third-order valence-corrected chi connectivity index (χ3v) is 3.11. The average Bonchev–Trinajstić information content (AvgIpc) is 2.84. The van der Waals surface area contributed by atoms with Gasteiger partial charge < -0.3 is 14.4 Å². The highest BCUT2D eigenvalue weighted by molar-refractivity contribution is 5.91. The Balaban J connectivity index is 2.19. The van der Waals surface area contributed by atoms with Crippen molar-refractivity contribution >= 4 is 16.9 Å². The van der Waals surface area contributed by atoms with E-state index >= 15 is 0 Å². The Morgan fingerprint density at radius 1 is 1.30 bits per heavy atom. The highest BCUT2D eigenvalue weighted by atomic mass is 16.5. The molecule has 3 aromatic rings. The molecule has 1 aromatic carbocycles. The Kier molecular flexibility index (Phi) is 2.87. The fourth-order valence-electron chi connectivity index (χ4n) is 2.16. The van der Waals surface area contributed by atoms with Crippen LogP contribution in [-0.2, 0) is 4.74 Å². The number of carbonyl (C=O) groups is 1. The van der Waals surface area contributed by atoms with Crippen LogP contribution in [0.5, 0.6) is 5.75 Å². The maximum Gasteiger partial charge on any atom is 0.339 e. The van der Waals surface area contributed by atoms with Crippen LogP contribution in [0.1, 0.15) is 10.4 Å². The predicted molar refractivity (Wildman–Crippen MR) is 74.1 cm³/mol. The Morgan fingerprint density at radius 2 is 2.10 bits per heavy atom. The minimum atomic E-state index is -0.444. The average molecular weight is 268 g/mol. The van der Waals surface area contributed by atoms with Gasteiger partial charge >= 0.3 is 5.97 Å². The molecule has 0 aliphatic heterocycles. The van der Waals surface area contributed by atoms with Gasteiger partial charge in [0.25, 0.3) is 0 Å². The largest absolute Gasteiger partial charge is 0.506 e. The molecule has 0 saturated heterocycles. The molecule has 0 radical (unpaired) electrons. The summed E-state index contributed by atoms with van der Waals surface area (Å²) in [6.45, 7) is 0. The van der Waals surface area contributed by atoms with E-state index in [-0.39, 0.29) is 5.75 Å². The number of pyridine rings is 1. The van der Waals surface area contributed by atoms with Crippen molar-refractivity contribution in [2.75, 3.05) is 7.11 Å². The van der Waals surface area contributed by atoms with Gasteiger partial charge in [-0.3, -0.25) is 4.98 Å². The van der Waals surface area contributed by atoms with Crippen molar-refractivity contribution in [1.29, 1.82) is 0 Å². The highest BCUT2D eigenvalue weighted by Gasteiger charge is 2.11. The third kappa shape index (κ3) is 1.89. The number of aromatic nitrogens is 2. The summed E-state index contributed by atoms with van der Waals surface area (Å²) in [4.78, 5) is 15.6. The van der Waals surface area contributed by atoms with Crippen LogP contribution in [0.3, 0.4) is 0 Å². The first-order valence-corrected chi connectivity index (χ1v) is 6.03. The second-order valence-electron chi connectivity index (χ2n) is 4.32. The summed E-state index contributed by atoms with van der Waals surface area (Å²) in [6.07, 6.45) is 4.67. The maximum absolute atomic E-state index is 11.5. The minimum absolute atomic E-state index is 0.184. The molecule has 0 fully saturated rings. The lowest BCUT2D eigenvalue weighted by atomic mass is 10.2. The smallest absolute Gasteiger partial charge is 0.339 e. The molecule has 2 aromatic heterocycles. The van der Waals surface area contributed by atoms with Crippen LogP contribution in [-0.4, -0.2) is 27.7 Å². The zero-order chi connectivity index (χ0) is 14.1. The van der Waals surface area contributed by atoms with E-state index in [9.17, 15) is 9.90 Å². The van der Waals surface area contributed by atoms with Crippen LogP contribution in [0.15, 0.2) is 48.9 Å². The predicted octanol–water partition coefficient (Wildman–Crippen LogP) is 2.52. The first kappa shape index (κ1) is 12.2. The first-order valence-electron chi connectivity index (χ1n) is 6.03. The van der Waals surface area contributed by atoms with Crippen molar-refractivity contribution in [2.24, 2.45) is 0 Å². The lowest BCUT2D eigenvalue weighted by Crippen LogP contribution is -2.03. The van der Waals surface area contributed by atoms with Gasteiger partial charge in [0.15, 0.2) is 0 Å². The van der Waals surface area contributed by atoms with Crippen LogP contribution in [0, 0.1) is 0 Å². The number of rotatable bonds is 2. The zero-order valence-corrected chi connectivity index (χ0v) is 10.8. The topological polar surface area (TPSA) is 64.3 Å². The summed E-state index contributed by atoms with van der Waals surface area (Å²) < 4.78 is 6.46. The monoisotopic (exact) mass is 268 g/mol. The number of ether oxygens (including phenoxy) is 1. The highest BCUT2D eigenvalue weighted by Crippen LogP contribution is 2.29. The SMILES string of the molecule is COC(=O)c1cncc(-n2cc(O)c3ccccc32)c1. The molecular weight excluding hydrogens is 256 g/mol. The Morgan fingerprint density at radius 3 is 2.90 bits per heavy atom. The van der Waals surface area contributed by atoms with Crippen molar-refractivity contribution in [1.82, 2.24) is 9.55 Å². The van der Waals surface area contributed by atoms with E-state index in [0.717, 1.165) is 10.9 Å². The fourth-order valence-corrected chi connectivity index (χ4v) is 2.16. The minimum Gasteiger partial charge on any atom is -0.506 e. The maximum atomic E-state index is 11.5. The molecule has 3 rings (SSSR count). The van der Waals surface area contributed by atoms with E-state index in [0.29, 0.717) is 11.3 Å². The molecule has 0 amide bonds. The van der Waals surface area contributed by atoms with Crippen molar-refractivity contribution in [3.63, 3.8) is 0 Å². The number of esters is 1. The van der Waals surface area contributed by atoms with E-state index in [4.69, 9.17) is 0 Å². The van der Waals surface area contributed by atoms with Crippen molar-refractivity contribution in [2.45, 2.75) is 0 Å². The lowest BCUT2D eigenvalue weighted by molar-refractivity contribution is 0.0600. The number of benzene rings is 1. The summed E-state index contributed by atoms with van der Waals surface area (Å²) in [5.41, 5.74) is 1.89. The number of fused-ring (bicyclic) bond motifs is 1. The van der Waals surface area contributed by atoms with E-state index in [1.165, 1.54) is 13.3 Å². The van der Waals surface area contributed by atoms with Crippen LogP contribution < -0.4 is 0 Å². The van der Waals surface area contributed by atoms with Gasteiger partial charge in [-0.25, -0.2) is 4.79 Å². The van der Waals surface area contributed by atoms with Gasteiger partial charge in [-0.2, -0.15) is 0 Å². The molecular formula is C15H12N2O3. The van der Waals surface area contributed by atoms with Gasteiger partial charge in [0, 0.05) is 11.6 Å². The normalized spacial score (nSPS) is 10.7. The van der Waals surface area contributed by atoms with Crippen LogP contribution >= 0.6 is 0 Å². The molecule has 0 unspecified atom stereocenters.